The van der Waals surface area contributed by atoms with E-state index in [-0.39, 0.29) is 6.61 Å². The predicted octanol–water partition coefficient (Wildman–Crippen LogP) is 2.23. The Labute approximate surface area is 90.6 Å². The summed E-state index contributed by atoms with van der Waals surface area (Å²) in [5, 5.41) is 0. The molecule has 0 N–H and O–H groups in total. The molecule has 1 rings (SSSR count). The van der Waals surface area contributed by atoms with Crippen molar-refractivity contribution in [2.75, 3.05) is 6.61 Å². The Bertz CT molecular complexity index is 346. The number of ether oxygens (including phenoxy) is 1. The van der Waals surface area contributed by atoms with Crippen LogP contribution in [0.4, 0.5) is 0 Å². The Kier molecular flexibility index (Phi) is 4.10. The molecule has 0 aliphatic heterocycles. The van der Waals surface area contributed by atoms with Gasteiger partial charge in [-0.2, -0.15) is 0 Å². The van der Waals surface area contributed by atoms with E-state index < -0.39 is 11.8 Å². The lowest BCUT2D eigenvalue weighted by Gasteiger charge is -1.97. The number of alkyl halides is 1. The molecule has 1 heterocycles. The number of rotatable bonds is 4. The number of esters is 1. The minimum Gasteiger partial charge on any atom is -0.460 e. The molecule has 1 aromatic rings. The third-order valence-corrected chi connectivity index (χ3v) is 3.01. The molecule has 0 unspecified atom stereocenters. The lowest BCUT2D eigenvalue weighted by molar-refractivity contribution is -0.137. The number of Topliss-reactive ketones (excluding diaryl/α,β-unsaturated/α-hetero) is 1. The Balaban J connectivity index is 2.74. The third kappa shape index (κ3) is 2.56. The molecule has 0 saturated carbocycles. The zero-order valence-electron chi connectivity index (χ0n) is 7.58. The van der Waals surface area contributed by atoms with Crippen LogP contribution in [0.2, 0.25) is 0 Å². The molecule has 0 fully saturated rings. The maximum atomic E-state index is 11.4. The van der Waals surface area contributed by atoms with E-state index in [1.54, 1.807) is 19.1 Å². The van der Waals surface area contributed by atoms with Crippen molar-refractivity contribution < 1.29 is 14.3 Å². The second-order valence-electron chi connectivity index (χ2n) is 2.45. The van der Waals surface area contributed by atoms with E-state index in [1.807, 2.05) is 0 Å². The van der Waals surface area contributed by atoms with E-state index in [0.717, 1.165) is 4.88 Å². The average molecular weight is 233 g/mol. The highest BCUT2D eigenvalue weighted by Gasteiger charge is 2.18. The van der Waals surface area contributed by atoms with Gasteiger partial charge in [-0.05, 0) is 19.1 Å². The molecule has 0 aliphatic carbocycles. The normalized spacial score (nSPS) is 9.86. The minimum atomic E-state index is -0.810. The molecule has 5 heteroatoms. The quantitative estimate of drug-likeness (QED) is 0.346. The first kappa shape index (κ1) is 11.2. The highest BCUT2D eigenvalue weighted by atomic mass is 35.5. The van der Waals surface area contributed by atoms with E-state index in [9.17, 15) is 9.59 Å². The van der Waals surface area contributed by atoms with Gasteiger partial charge in [0.1, 0.15) is 0 Å². The van der Waals surface area contributed by atoms with Crippen LogP contribution in [0.15, 0.2) is 12.1 Å². The molecule has 0 radical (unpaired) electrons. The molecule has 0 bridgehead atoms. The van der Waals surface area contributed by atoms with Crippen LogP contribution in [-0.4, -0.2) is 18.4 Å². The van der Waals surface area contributed by atoms with Crippen molar-refractivity contribution in [2.24, 2.45) is 0 Å². The molecule has 0 saturated heterocycles. The number of carbonyl (C=O) groups is 2. The van der Waals surface area contributed by atoms with Gasteiger partial charge >= 0.3 is 5.97 Å². The van der Waals surface area contributed by atoms with Gasteiger partial charge in [-0.15, -0.1) is 22.9 Å². The Morgan fingerprint density at radius 3 is 2.71 bits per heavy atom. The topological polar surface area (TPSA) is 43.4 Å². The maximum absolute atomic E-state index is 11.4. The zero-order valence-corrected chi connectivity index (χ0v) is 9.15. The van der Waals surface area contributed by atoms with Crippen molar-refractivity contribution >= 4 is 34.7 Å². The van der Waals surface area contributed by atoms with Crippen molar-refractivity contribution in [3.8, 4) is 0 Å². The number of hydrogen-bond acceptors (Lipinski definition) is 4. The van der Waals surface area contributed by atoms with Crippen LogP contribution in [0.3, 0.4) is 0 Å². The smallest absolute Gasteiger partial charge is 0.380 e. The van der Waals surface area contributed by atoms with E-state index in [4.69, 9.17) is 11.6 Å². The summed E-state index contributed by atoms with van der Waals surface area (Å²) < 4.78 is 4.59. The summed E-state index contributed by atoms with van der Waals surface area (Å²) in [4.78, 5) is 23.6. The first-order valence-corrected chi connectivity index (χ1v) is 5.40. The molecular formula is C9H9ClO3S. The first-order chi connectivity index (χ1) is 6.69. The van der Waals surface area contributed by atoms with Gasteiger partial charge in [0.2, 0.25) is 0 Å². The van der Waals surface area contributed by atoms with Crippen LogP contribution in [0.5, 0.6) is 0 Å². The van der Waals surface area contributed by atoms with Gasteiger partial charge in [0, 0.05) is 4.88 Å². The highest BCUT2D eigenvalue weighted by Crippen LogP contribution is 2.19. The van der Waals surface area contributed by atoms with Crippen LogP contribution >= 0.6 is 22.9 Å². The van der Waals surface area contributed by atoms with E-state index in [2.05, 4.69) is 4.74 Å². The summed E-state index contributed by atoms with van der Waals surface area (Å²) in [5.41, 5.74) is 0. The van der Waals surface area contributed by atoms with Gasteiger partial charge < -0.3 is 4.74 Å². The predicted molar refractivity (Wildman–Crippen MR) is 54.8 cm³/mol. The molecule has 0 aromatic carbocycles. The van der Waals surface area contributed by atoms with Gasteiger partial charge in [0.05, 0.1) is 17.4 Å². The summed E-state index contributed by atoms with van der Waals surface area (Å²) in [6.07, 6.45) is 0. The first-order valence-electron chi connectivity index (χ1n) is 4.05. The SMILES string of the molecule is CCOC(=O)C(=O)c1ccc(CCl)s1. The molecular weight excluding hydrogens is 224 g/mol. The van der Waals surface area contributed by atoms with Crippen LogP contribution < -0.4 is 0 Å². The molecule has 14 heavy (non-hydrogen) atoms. The van der Waals surface area contributed by atoms with Crippen LogP contribution in [-0.2, 0) is 15.4 Å². The number of thiophene rings is 1. The van der Waals surface area contributed by atoms with Crippen LogP contribution in [0.25, 0.3) is 0 Å². The number of halogens is 1. The molecule has 0 atom stereocenters. The maximum Gasteiger partial charge on any atom is 0.380 e. The number of ketones is 1. The van der Waals surface area contributed by atoms with Crippen molar-refractivity contribution in [3.63, 3.8) is 0 Å². The Morgan fingerprint density at radius 2 is 2.21 bits per heavy atom. The van der Waals surface area contributed by atoms with E-state index in [0.29, 0.717) is 10.8 Å². The lowest BCUT2D eigenvalue weighted by atomic mass is 10.3. The fraction of sp³-hybridized carbons (Fsp3) is 0.333. The Morgan fingerprint density at radius 1 is 1.50 bits per heavy atom. The summed E-state index contributed by atoms with van der Waals surface area (Å²) in [7, 11) is 0. The monoisotopic (exact) mass is 232 g/mol. The van der Waals surface area contributed by atoms with Crippen molar-refractivity contribution in [1.82, 2.24) is 0 Å². The van der Waals surface area contributed by atoms with Gasteiger partial charge in [-0.25, -0.2) is 4.79 Å². The highest BCUT2D eigenvalue weighted by molar-refractivity contribution is 7.15. The van der Waals surface area contributed by atoms with Crippen molar-refractivity contribution in [1.29, 1.82) is 0 Å². The van der Waals surface area contributed by atoms with Gasteiger partial charge in [-0.1, -0.05) is 0 Å². The van der Waals surface area contributed by atoms with Gasteiger partial charge in [0.15, 0.2) is 0 Å². The summed E-state index contributed by atoms with van der Waals surface area (Å²) in [6.45, 7) is 1.86. The fourth-order valence-corrected chi connectivity index (χ4v) is 1.91. The summed E-state index contributed by atoms with van der Waals surface area (Å²) >= 11 is 6.78. The largest absolute Gasteiger partial charge is 0.460 e. The van der Waals surface area contributed by atoms with E-state index in [1.165, 1.54) is 11.3 Å². The molecule has 3 nitrogen and oxygen atoms in total. The number of hydrogen-bond donors (Lipinski definition) is 0. The molecule has 1 aromatic heterocycles. The fourth-order valence-electron chi connectivity index (χ4n) is 0.869. The van der Waals surface area contributed by atoms with Gasteiger partial charge in [0.25, 0.3) is 5.78 Å². The number of carbonyl (C=O) groups excluding carboxylic acids is 2. The average Bonchev–Trinajstić information content (AvgIpc) is 2.65. The van der Waals surface area contributed by atoms with Crippen molar-refractivity contribution in [2.45, 2.75) is 12.8 Å². The Hall–Kier alpha value is -0.870. The summed E-state index contributed by atoms with van der Waals surface area (Å²) in [5.74, 6) is -1.07. The second-order valence-corrected chi connectivity index (χ2v) is 3.88. The van der Waals surface area contributed by atoms with Crippen LogP contribution in [0.1, 0.15) is 21.5 Å². The van der Waals surface area contributed by atoms with E-state index >= 15 is 0 Å². The molecule has 0 amide bonds. The third-order valence-electron chi connectivity index (χ3n) is 1.48. The second kappa shape index (κ2) is 5.12. The van der Waals surface area contributed by atoms with Crippen molar-refractivity contribution in [3.05, 3.63) is 21.9 Å². The van der Waals surface area contributed by atoms with Gasteiger partial charge in [-0.3, -0.25) is 4.79 Å². The summed E-state index contributed by atoms with van der Waals surface area (Å²) in [6, 6.07) is 3.31. The van der Waals surface area contributed by atoms with Crippen LogP contribution in [0, 0.1) is 0 Å². The lowest BCUT2D eigenvalue weighted by Crippen LogP contribution is -2.16. The molecule has 0 aliphatic rings. The molecule has 0 spiro atoms. The molecule has 76 valence electrons. The zero-order chi connectivity index (χ0) is 10.6. The minimum absolute atomic E-state index is 0.207. The standard InChI is InChI=1S/C9H9ClO3S/c1-2-13-9(12)8(11)7-4-3-6(5-10)14-7/h3-4H,2,5H2,1H3.